The normalized spacial score (nSPS) is 12.4. The van der Waals surface area contributed by atoms with Gasteiger partial charge in [0, 0.05) is 30.2 Å². The number of nitrogens with two attached hydrogens (primary N) is 1. The molecule has 2 aromatic rings. The van der Waals surface area contributed by atoms with E-state index in [1.807, 2.05) is 25.1 Å². The van der Waals surface area contributed by atoms with Crippen molar-refractivity contribution in [3.8, 4) is 11.3 Å². The molecule has 1 atom stereocenters. The van der Waals surface area contributed by atoms with E-state index in [1.54, 1.807) is 12.4 Å². The van der Waals surface area contributed by atoms with E-state index < -0.39 is 6.10 Å². The lowest BCUT2D eigenvalue weighted by Gasteiger charge is -2.09. The number of aryl methyl sites for hydroxylation is 1. The van der Waals surface area contributed by atoms with Crippen molar-refractivity contribution in [2.24, 2.45) is 5.73 Å². The Hall–Kier alpha value is -1.85. The number of aliphatic hydroxyl groups is 1. The Bertz CT molecular complexity index is 501. The molecule has 2 heterocycles. The molecule has 0 spiro atoms. The van der Waals surface area contributed by atoms with Gasteiger partial charge < -0.3 is 10.8 Å². The van der Waals surface area contributed by atoms with Crippen molar-refractivity contribution in [3.05, 3.63) is 42.1 Å². The Morgan fingerprint density at radius 3 is 2.88 bits per heavy atom. The van der Waals surface area contributed by atoms with Gasteiger partial charge in [-0.05, 0) is 25.1 Å². The minimum absolute atomic E-state index is 0.107. The van der Waals surface area contributed by atoms with Gasteiger partial charge in [-0.1, -0.05) is 0 Å². The van der Waals surface area contributed by atoms with Crippen molar-refractivity contribution in [2.75, 3.05) is 6.54 Å². The Balaban J connectivity index is 2.45. The molecule has 2 aromatic heterocycles. The van der Waals surface area contributed by atoms with E-state index in [0.29, 0.717) is 5.82 Å². The van der Waals surface area contributed by atoms with Crippen LogP contribution in [0, 0.1) is 6.92 Å². The zero-order valence-corrected chi connectivity index (χ0v) is 9.54. The van der Waals surface area contributed by atoms with Crippen molar-refractivity contribution < 1.29 is 5.11 Å². The maximum atomic E-state index is 9.66. The second kappa shape index (κ2) is 4.99. The quantitative estimate of drug-likeness (QED) is 0.816. The SMILES string of the molecule is Cc1cc(-c2cccnc2)nc(C(O)CN)n1. The Morgan fingerprint density at radius 2 is 2.24 bits per heavy atom. The van der Waals surface area contributed by atoms with Gasteiger partial charge in [-0.3, -0.25) is 4.98 Å². The van der Waals surface area contributed by atoms with Gasteiger partial charge >= 0.3 is 0 Å². The average molecular weight is 230 g/mol. The molecule has 2 rings (SSSR count). The Labute approximate surface area is 99.4 Å². The van der Waals surface area contributed by atoms with Crippen LogP contribution in [0.5, 0.6) is 0 Å². The standard InChI is InChI=1S/C12H14N4O/c1-8-5-10(9-3-2-4-14-7-9)16-12(15-8)11(17)6-13/h2-5,7,11,17H,6,13H2,1H3. The highest BCUT2D eigenvalue weighted by Gasteiger charge is 2.11. The van der Waals surface area contributed by atoms with Crippen molar-refractivity contribution >= 4 is 0 Å². The fourth-order valence-electron chi connectivity index (χ4n) is 1.51. The van der Waals surface area contributed by atoms with E-state index in [-0.39, 0.29) is 6.54 Å². The summed E-state index contributed by atoms with van der Waals surface area (Å²) in [4.78, 5) is 12.5. The number of pyridine rings is 1. The average Bonchev–Trinajstić information content (AvgIpc) is 2.38. The van der Waals surface area contributed by atoms with Gasteiger partial charge in [-0.2, -0.15) is 0 Å². The van der Waals surface area contributed by atoms with Gasteiger partial charge in [-0.25, -0.2) is 9.97 Å². The summed E-state index contributed by atoms with van der Waals surface area (Å²) in [5.41, 5.74) is 7.83. The molecule has 0 saturated heterocycles. The first-order valence-electron chi connectivity index (χ1n) is 5.35. The van der Waals surface area contributed by atoms with Gasteiger partial charge in [0.1, 0.15) is 6.10 Å². The summed E-state index contributed by atoms with van der Waals surface area (Å²) in [6.07, 6.45) is 2.60. The first-order chi connectivity index (χ1) is 8.20. The molecule has 0 amide bonds. The summed E-state index contributed by atoms with van der Waals surface area (Å²) in [6.45, 7) is 1.96. The van der Waals surface area contributed by atoms with E-state index in [2.05, 4.69) is 15.0 Å². The van der Waals surface area contributed by atoms with Crippen molar-refractivity contribution in [3.63, 3.8) is 0 Å². The van der Waals surface area contributed by atoms with Crippen LogP contribution in [0.25, 0.3) is 11.3 Å². The minimum atomic E-state index is -0.828. The fraction of sp³-hybridized carbons (Fsp3) is 0.250. The van der Waals surface area contributed by atoms with E-state index >= 15 is 0 Å². The molecule has 0 radical (unpaired) electrons. The number of hydrogen-bond acceptors (Lipinski definition) is 5. The van der Waals surface area contributed by atoms with Gasteiger partial charge in [0.15, 0.2) is 5.82 Å². The van der Waals surface area contributed by atoms with E-state index in [1.165, 1.54) is 0 Å². The Kier molecular flexibility index (Phi) is 3.41. The summed E-state index contributed by atoms with van der Waals surface area (Å²) >= 11 is 0. The highest BCUT2D eigenvalue weighted by Crippen LogP contribution is 2.18. The number of nitrogens with zero attached hydrogens (tertiary/aromatic N) is 3. The fourth-order valence-corrected chi connectivity index (χ4v) is 1.51. The summed E-state index contributed by atoms with van der Waals surface area (Å²) in [5, 5.41) is 9.66. The Morgan fingerprint density at radius 1 is 1.41 bits per heavy atom. The summed E-state index contributed by atoms with van der Waals surface area (Å²) in [5.74, 6) is 0.353. The lowest BCUT2D eigenvalue weighted by molar-refractivity contribution is 0.176. The predicted octanol–water partition coefficient (Wildman–Crippen LogP) is 0.839. The van der Waals surface area contributed by atoms with Crippen LogP contribution >= 0.6 is 0 Å². The second-order valence-corrected chi connectivity index (χ2v) is 3.75. The molecule has 88 valence electrons. The number of rotatable bonds is 3. The summed E-state index contributed by atoms with van der Waals surface area (Å²) < 4.78 is 0. The third kappa shape index (κ3) is 2.64. The smallest absolute Gasteiger partial charge is 0.159 e. The van der Waals surface area contributed by atoms with E-state index in [0.717, 1.165) is 17.0 Å². The molecule has 0 fully saturated rings. The number of hydrogen-bond donors (Lipinski definition) is 2. The lowest BCUT2D eigenvalue weighted by atomic mass is 10.2. The first-order valence-corrected chi connectivity index (χ1v) is 5.35. The van der Waals surface area contributed by atoms with Crippen LogP contribution < -0.4 is 5.73 Å². The predicted molar refractivity (Wildman–Crippen MR) is 64.0 cm³/mol. The van der Waals surface area contributed by atoms with Gasteiger partial charge in [0.05, 0.1) is 5.69 Å². The van der Waals surface area contributed by atoms with Crippen LogP contribution in [0.4, 0.5) is 0 Å². The van der Waals surface area contributed by atoms with Crippen LogP contribution in [-0.4, -0.2) is 26.6 Å². The first kappa shape index (κ1) is 11.6. The lowest BCUT2D eigenvalue weighted by Crippen LogP contribution is -2.15. The monoisotopic (exact) mass is 230 g/mol. The van der Waals surface area contributed by atoms with Crippen molar-refractivity contribution in [1.82, 2.24) is 15.0 Å². The van der Waals surface area contributed by atoms with Crippen LogP contribution in [0.1, 0.15) is 17.6 Å². The van der Waals surface area contributed by atoms with Crippen LogP contribution in [0.3, 0.4) is 0 Å². The summed E-state index contributed by atoms with van der Waals surface area (Å²) in [6, 6.07) is 5.60. The van der Waals surface area contributed by atoms with Crippen LogP contribution in [0.2, 0.25) is 0 Å². The molecule has 0 aliphatic heterocycles. The van der Waals surface area contributed by atoms with Crippen LogP contribution in [0.15, 0.2) is 30.6 Å². The van der Waals surface area contributed by atoms with Gasteiger partial charge in [0.2, 0.25) is 0 Å². The molecule has 0 bridgehead atoms. The molecule has 17 heavy (non-hydrogen) atoms. The highest BCUT2D eigenvalue weighted by atomic mass is 16.3. The molecule has 0 aliphatic carbocycles. The molecule has 5 heteroatoms. The molecule has 0 saturated carbocycles. The molecule has 5 nitrogen and oxygen atoms in total. The van der Waals surface area contributed by atoms with Crippen LogP contribution in [-0.2, 0) is 0 Å². The third-order valence-electron chi connectivity index (χ3n) is 2.35. The van der Waals surface area contributed by atoms with E-state index in [4.69, 9.17) is 5.73 Å². The molecule has 0 aromatic carbocycles. The number of aromatic nitrogens is 3. The molecule has 3 N–H and O–H groups in total. The second-order valence-electron chi connectivity index (χ2n) is 3.75. The minimum Gasteiger partial charge on any atom is -0.384 e. The maximum absolute atomic E-state index is 9.66. The molecular formula is C12H14N4O. The zero-order valence-electron chi connectivity index (χ0n) is 9.54. The summed E-state index contributed by atoms with van der Waals surface area (Å²) in [7, 11) is 0. The number of aliphatic hydroxyl groups excluding tert-OH is 1. The zero-order chi connectivity index (χ0) is 12.3. The largest absolute Gasteiger partial charge is 0.384 e. The van der Waals surface area contributed by atoms with Gasteiger partial charge in [-0.15, -0.1) is 0 Å². The molecular weight excluding hydrogens is 216 g/mol. The van der Waals surface area contributed by atoms with Crippen molar-refractivity contribution in [2.45, 2.75) is 13.0 Å². The maximum Gasteiger partial charge on any atom is 0.159 e. The third-order valence-corrected chi connectivity index (χ3v) is 2.35. The van der Waals surface area contributed by atoms with Crippen molar-refractivity contribution in [1.29, 1.82) is 0 Å². The topological polar surface area (TPSA) is 84.9 Å². The van der Waals surface area contributed by atoms with Gasteiger partial charge in [0.25, 0.3) is 0 Å². The highest BCUT2D eigenvalue weighted by molar-refractivity contribution is 5.57. The van der Waals surface area contributed by atoms with E-state index in [9.17, 15) is 5.11 Å². The molecule has 1 unspecified atom stereocenters. The molecule has 0 aliphatic rings.